The summed E-state index contributed by atoms with van der Waals surface area (Å²) in [4.78, 5) is 16.2. The molecule has 4 nitrogen and oxygen atoms in total. The number of hydrogen-bond acceptors (Lipinski definition) is 3. The molecule has 2 rings (SSSR count). The molecule has 0 radical (unpaired) electrons. The first-order valence-electron chi connectivity index (χ1n) is 6.63. The monoisotopic (exact) mass is 283 g/mol. The normalized spacial score (nSPS) is 16.7. The molecule has 0 aliphatic heterocycles. The second kappa shape index (κ2) is 7.46. The van der Waals surface area contributed by atoms with Gasteiger partial charge in [0.15, 0.2) is 0 Å². The quantitative estimate of drug-likeness (QED) is 0.889. The van der Waals surface area contributed by atoms with E-state index in [0.717, 1.165) is 5.56 Å². The van der Waals surface area contributed by atoms with Crippen LogP contribution in [0.15, 0.2) is 18.5 Å². The molecule has 0 bridgehead atoms. The molecule has 106 valence electrons. The maximum Gasteiger partial charge on any atom is 0.253 e. The van der Waals surface area contributed by atoms with Gasteiger partial charge in [-0.2, -0.15) is 0 Å². The van der Waals surface area contributed by atoms with Gasteiger partial charge in [-0.05, 0) is 37.3 Å². The molecular weight excluding hydrogens is 262 g/mol. The fraction of sp³-hybridized carbons (Fsp3) is 0.571. The number of pyridine rings is 1. The predicted octanol–water partition coefficient (Wildman–Crippen LogP) is 2.06. The lowest BCUT2D eigenvalue weighted by Crippen LogP contribution is -2.44. The number of carbonyl (C=O) groups is 1. The summed E-state index contributed by atoms with van der Waals surface area (Å²) in [5.41, 5.74) is 7.39. The molecule has 1 atom stereocenters. The zero-order valence-corrected chi connectivity index (χ0v) is 12.1. The SMILES string of the molecule is Cc1cncc(C(=O)NC(CN)C2CCCC2)c1.Cl. The highest BCUT2D eigenvalue weighted by Gasteiger charge is 2.25. The van der Waals surface area contributed by atoms with Gasteiger partial charge in [0.25, 0.3) is 5.91 Å². The summed E-state index contributed by atoms with van der Waals surface area (Å²) in [6.45, 7) is 2.44. The van der Waals surface area contributed by atoms with Crippen molar-refractivity contribution in [1.82, 2.24) is 10.3 Å². The Morgan fingerprint density at radius 2 is 2.16 bits per heavy atom. The standard InChI is InChI=1S/C14H21N3O.ClH/c1-10-6-12(9-16-8-10)14(18)17-13(7-15)11-4-2-3-5-11;/h6,8-9,11,13H,2-5,7,15H2,1H3,(H,17,18);1H. The first-order chi connectivity index (χ1) is 8.70. The molecule has 5 heteroatoms. The second-order valence-electron chi connectivity index (χ2n) is 5.11. The van der Waals surface area contributed by atoms with Crippen molar-refractivity contribution in [3.05, 3.63) is 29.6 Å². The highest BCUT2D eigenvalue weighted by atomic mass is 35.5. The van der Waals surface area contributed by atoms with Crippen molar-refractivity contribution in [2.75, 3.05) is 6.54 Å². The number of nitrogens with two attached hydrogens (primary N) is 1. The molecule has 19 heavy (non-hydrogen) atoms. The van der Waals surface area contributed by atoms with Crippen molar-refractivity contribution in [2.45, 2.75) is 38.6 Å². The third kappa shape index (κ3) is 4.18. The number of carbonyl (C=O) groups excluding carboxylic acids is 1. The van der Waals surface area contributed by atoms with Crippen molar-refractivity contribution in [3.63, 3.8) is 0 Å². The Hall–Kier alpha value is -1.13. The van der Waals surface area contributed by atoms with Crippen LogP contribution in [0.3, 0.4) is 0 Å². The zero-order chi connectivity index (χ0) is 13.0. The zero-order valence-electron chi connectivity index (χ0n) is 11.3. The van der Waals surface area contributed by atoms with E-state index in [1.807, 2.05) is 13.0 Å². The minimum absolute atomic E-state index is 0. The molecule has 1 heterocycles. The van der Waals surface area contributed by atoms with Gasteiger partial charge in [-0.1, -0.05) is 12.8 Å². The van der Waals surface area contributed by atoms with Crippen LogP contribution in [0.5, 0.6) is 0 Å². The number of aryl methyl sites for hydroxylation is 1. The molecule has 1 amide bonds. The number of halogens is 1. The molecule has 1 saturated carbocycles. The van der Waals surface area contributed by atoms with Gasteiger partial charge in [0, 0.05) is 25.0 Å². The summed E-state index contributed by atoms with van der Waals surface area (Å²) in [5.74, 6) is 0.477. The Morgan fingerprint density at radius 1 is 1.47 bits per heavy atom. The highest BCUT2D eigenvalue weighted by molar-refractivity contribution is 5.94. The summed E-state index contributed by atoms with van der Waals surface area (Å²) >= 11 is 0. The molecule has 1 aliphatic rings. The number of rotatable bonds is 4. The second-order valence-corrected chi connectivity index (χ2v) is 5.11. The van der Waals surface area contributed by atoms with E-state index in [2.05, 4.69) is 10.3 Å². The van der Waals surface area contributed by atoms with Crippen molar-refractivity contribution >= 4 is 18.3 Å². The lowest BCUT2D eigenvalue weighted by molar-refractivity contribution is 0.0923. The van der Waals surface area contributed by atoms with Crippen LogP contribution in [-0.4, -0.2) is 23.5 Å². The maximum absolute atomic E-state index is 12.1. The van der Waals surface area contributed by atoms with E-state index in [1.54, 1.807) is 12.4 Å². The first kappa shape index (κ1) is 15.9. The fourth-order valence-electron chi connectivity index (χ4n) is 2.66. The number of nitrogens with zero attached hydrogens (tertiary/aromatic N) is 1. The van der Waals surface area contributed by atoms with Crippen LogP contribution in [0.2, 0.25) is 0 Å². The Balaban J connectivity index is 0.00000180. The Labute approximate surface area is 120 Å². The average Bonchev–Trinajstić information content (AvgIpc) is 2.89. The van der Waals surface area contributed by atoms with Crippen LogP contribution in [0.25, 0.3) is 0 Å². The first-order valence-corrected chi connectivity index (χ1v) is 6.63. The van der Waals surface area contributed by atoms with Crippen molar-refractivity contribution in [2.24, 2.45) is 11.7 Å². The van der Waals surface area contributed by atoms with Crippen LogP contribution in [-0.2, 0) is 0 Å². The van der Waals surface area contributed by atoms with E-state index < -0.39 is 0 Å². The van der Waals surface area contributed by atoms with Crippen molar-refractivity contribution in [1.29, 1.82) is 0 Å². The molecule has 0 aromatic carbocycles. The van der Waals surface area contributed by atoms with E-state index in [4.69, 9.17) is 5.73 Å². The summed E-state index contributed by atoms with van der Waals surface area (Å²) in [6, 6.07) is 1.95. The van der Waals surface area contributed by atoms with Gasteiger partial charge in [-0.15, -0.1) is 12.4 Å². The van der Waals surface area contributed by atoms with Gasteiger partial charge in [0.1, 0.15) is 0 Å². The van der Waals surface area contributed by atoms with Crippen LogP contribution in [0.4, 0.5) is 0 Å². The van der Waals surface area contributed by atoms with Crippen molar-refractivity contribution in [3.8, 4) is 0 Å². The van der Waals surface area contributed by atoms with Gasteiger partial charge in [-0.25, -0.2) is 0 Å². The highest BCUT2D eigenvalue weighted by Crippen LogP contribution is 2.27. The molecule has 1 aromatic heterocycles. The summed E-state index contributed by atoms with van der Waals surface area (Å²) < 4.78 is 0. The van der Waals surface area contributed by atoms with Crippen LogP contribution in [0, 0.1) is 12.8 Å². The van der Waals surface area contributed by atoms with Gasteiger partial charge in [-0.3, -0.25) is 9.78 Å². The van der Waals surface area contributed by atoms with E-state index in [-0.39, 0.29) is 24.4 Å². The lowest BCUT2D eigenvalue weighted by Gasteiger charge is -2.23. The topological polar surface area (TPSA) is 68.0 Å². The smallest absolute Gasteiger partial charge is 0.253 e. The number of hydrogen-bond donors (Lipinski definition) is 2. The minimum Gasteiger partial charge on any atom is -0.348 e. The van der Waals surface area contributed by atoms with E-state index in [0.29, 0.717) is 18.0 Å². The third-order valence-corrected chi connectivity index (χ3v) is 3.68. The Bertz CT molecular complexity index is 419. The summed E-state index contributed by atoms with van der Waals surface area (Å²) in [5, 5.41) is 3.05. The molecule has 1 fully saturated rings. The number of aromatic nitrogens is 1. The molecule has 1 aromatic rings. The van der Waals surface area contributed by atoms with Crippen molar-refractivity contribution < 1.29 is 4.79 Å². The Kier molecular flexibility index (Phi) is 6.25. The van der Waals surface area contributed by atoms with E-state index in [1.165, 1.54) is 25.7 Å². The largest absolute Gasteiger partial charge is 0.348 e. The molecule has 3 N–H and O–H groups in total. The third-order valence-electron chi connectivity index (χ3n) is 3.68. The van der Waals surface area contributed by atoms with Gasteiger partial charge < -0.3 is 11.1 Å². The summed E-state index contributed by atoms with van der Waals surface area (Å²) in [7, 11) is 0. The van der Waals surface area contributed by atoms with E-state index in [9.17, 15) is 4.79 Å². The number of amides is 1. The maximum atomic E-state index is 12.1. The van der Waals surface area contributed by atoms with Gasteiger partial charge in [0.05, 0.1) is 5.56 Å². The molecule has 1 unspecified atom stereocenters. The molecule has 0 spiro atoms. The van der Waals surface area contributed by atoms with Gasteiger partial charge in [0.2, 0.25) is 0 Å². The van der Waals surface area contributed by atoms with Crippen LogP contribution >= 0.6 is 12.4 Å². The van der Waals surface area contributed by atoms with Gasteiger partial charge >= 0.3 is 0 Å². The number of nitrogens with one attached hydrogen (secondary N) is 1. The molecule has 1 aliphatic carbocycles. The molecule has 0 saturated heterocycles. The summed E-state index contributed by atoms with van der Waals surface area (Å²) in [6.07, 6.45) is 8.20. The minimum atomic E-state index is -0.0615. The lowest BCUT2D eigenvalue weighted by atomic mass is 9.98. The van der Waals surface area contributed by atoms with Crippen LogP contribution in [0.1, 0.15) is 41.6 Å². The molecular formula is C14H22ClN3O. The van der Waals surface area contributed by atoms with Crippen LogP contribution < -0.4 is 11.1 Å². The average molecular weight is 284 g/mol. The van der Waals surface area contributed by atoms with E-state index >= 15 is 0 Å². The predicted molar refractivity (Wildman–Crippen MR) is 78.5 cm³/mol. The Morgan fingerprint density at radius 3 is 2.74 bits per heavy atom. The fourth-order valence-corrected chi connectivity index (χ4v) is 2.66.